The van der Waals surface area contributed by atoms with E-state index in [0.29, 0.717) is 19.5 Å². The van der Waals surface area contributed by atoms with Crippen molar-refractivity contribution in [3.8, 4) is 0 Å². The Morgan fingerprint density at radius 3 is 2.72 bits per heavy atom. The number of rotatable bonds is 7. The zero-order valence-electron chi connectivity index (χ0n) is 17.5. The maximum Gasteiger partial charge on any atom is 0.222 e. The zero-order valence-corrected chi connectivity index (χ0v) is 18.2. The molecule has 0 unspecified atom stereocenters. The molecule has 0 bridgehead atoms. The summed E-state index contributed by atoms with van der Waals surface area (Å²) in [6, 6.07) is 9.72. The summed E-state index contributed by atoms with van der Waals surface area (Å²) in [5, 5.41) is 3.88. The van der Waals surface area contributed by atoms with Gasteiger partial charge in [0.15, 0.2) is 0 Å². The number of nitrogens with one attached hydrogen (secondary N) is 1. The second-order valence-electron chi connectivity index (χ2n) is 7.81. The largest absolute Gasteiger partial charge is 0.363 e. The van der Waals surface area contributed by atoms with Gasteiger partial charge in [0, 0.05) is 57.2 Å². The summed E-state index contributed by atoms with van der Waals surface area (Å²) in [7, 11) is 5.89. The van der Waals surface area contributed by atoms with Crippen LogP contribution in [-0.4, -0.2) is 55.0 Å². The molecule has 2 aromatic rings. The van der Waals surface area contributed by atoms with Crippen molar-refractivity contribution < 1.29 is 4.79 Å². The first-order valence-corrected chi connectivity index (χ1v) is 10.6. The number of hydrogen-bond acceptors (Lipinski definition) is 5. The lowest BCUT2D eigenvalue weighted by Crippen LogP contribution is -2.39. The van der Waals surface area contributed by atoms with Crippen molar-refractivity contribution in [2.75, 3.05) is 39.1 Å². The van der Waals surface area contributed by atoms with Gasteiger partial charge < -0.3 is 15.1 Å². The van der Waals surface area contributed by atoms with Crippen LogP contribution in [0.2, 0.25) is 5.02 Å². The van der Waals surface area contributed by atoms with E-state index in [2.05, 4.69) is 5.32 Å². The van der Waals surface area contributed by atoms with Crippen LogP contribution in [-0.2, 0) is 17.8 Å². The molecule has 1 aromatic heterocycles. The average molecular weight is 416 g/mol. The van der Waals surface area contributed by atoms with Crippen LogP contribution in [0, 0.1) is 0 Å². The van der Waals surface area contributed by atoms with E-state index >= 15 is 0 Å². The van der Waals surface area contributed by atoms with Crippen LogP contribution >= 0.6 is 11.6 Å². The maximum absolute atomic E-state index is 12.8. The number of nitrogens with zero attached hydrogens (tertiary/aromatic N) is 4. The summed E-state index contributed by atoms with van der Waals surface area (Å²) in [4.78, 5) is 26.3. The lowest BCUT2D eigenvalue weighted by molar-refractivity contribution is -0.132. The third-order valence-electron chi connectivity index (χ3n) is 5.28. The van der Waals surface area contributed by atoms with Crippen molar-refractivity contribution in [3.63, 3.8) is 0 Å². The predicted octanol–water partition coefficient (Wildman–Crippen LogP) is 3.25. The van der Waals surface area contributed by atoms with Gasteiger partial charge in [0.1, 0.15) is 11.6 Å². The highest BCUT2D eigenvalue weighted by Crippen LogP contribution is 2.27. The zero-order chi connectivity index (χ0) is 20.8. The fourth-order valence-corrected chi connectivity index (χ4v) is 3.79. The monoisotopic (exact) mass is 415 g/mol. The van der Waals surface area contributed by atoms with Gasteiger partial charge in [0.05, 0.1) is 5.69 Å². The smallest absolute Gasteiger partial charge is 0.222 e. The molecule has 1 aliphatic heterocycles. The van der Waals surface area contributed by atoms with Crippen LogP contribution in [0.5, 0.6) is 0 Å². The van der Waals surface area contributed by atoms with Gasteiger partial charge in [-0.25, -0.2) is 9.97 Å². The van der Waals surface area contributed by atoms with Crippen molar-refractivity contribution in [2.24, 2.45) is 0 Å². The van der Waals surface area contributed by atoms with Gasteiger partial charge in [-0.15, -0.1) is 0 Å². The van der Waals surface area contributed by atoms with Crippen molar-refractivity contribution in [1.29, 1.82) is 0 Å². The van der Waals surface area contributed by atoms with Crippen molar-refractivity contribution in [3.05, 3.63) is 52.4 Å². The quantitative estimate of drug-likeness (QED) is 0.752. The number of piperidine rings is 1. The summed E-state index contributed by atoms with van der Waals surface area (Å²) in [6.45, 7) is 2.20. The molecule has 6 nitrogen and oxygen atoms in total. The number of benzene rings is 1. The molecule has 0 radical (unpaired) electrons. The third kappa shape index (κ3) is 5.90. The van der Waals surface area contributed by atoms with E-state index in [1.807, 2.05) is 61.3 Å². The van der Waals surface area contributed by atoms with E-state index in [-0.39, 0.29) is 11.8 Å². The lowest BCUT2D eigenvalue weighted by atomic mass is 9.96. The summed E-state index contributed by atoms with van der Waals surface area (Å²) >= 11 is 5.94. The van der Waals surface area contributed by atoms with Crippen LogP contribution in [0.15, 0.2) is 30.3 Å². The van der Waals surface area contributed by atoms with Crippen LogP contribution in [0.1, 0.15) is 42.3 Å². The van der Waals surface area contributed by atoms with Gasteiger partial charge in [-0.05, 0) is 44.0 Å². The third-order valence-corrected chi connectivity index (χ3v) is 5.53. The molecule has 0 saturated carbocycles. The van der Waals surface area contributed by atoms with E-state index in [1.165, 1.54) is 0 Å². The topological polar surface area (TPSA) is 61.4 Å². The van der Waals surface area contributed by atoms with E-state index in [1.54, 1.807) is 0 Å². The minimum atomic E-state index is 0.179. The van der Waals surface area contributed by atoms with Crippen molar-refractivity contribution >= 4 is 23.3 Å². The average Bonchev–Trinajstić information content (AvgIpc) is 2.73. The van der Waals surface area contributed by atoms with E-state index in [4.69, 9.17) is 21.6 Å². The first kappa shape index (κ1) is 21.5. The van der Waals surface area contributed by atoms with Crippen LogP contribution in [0.4, 0.5) is 5.82 Å². The Hall–Kier alpha value is -2.18. The second-order valence-corrected chi connectivity index (χ2v) is 8.24. The molecular formula is C22H30ClN5O. The molecule has 1 N–H and O–H groups in total. The van der Waals surface area contributed by atoms with Gasteiger partial charge in [-0.1, -0.05) is 23.7 Å². The molecular weight excluding hydrogens is 386 g/mol. The lowest BCUT2D eigenvalue weighted by Gasteiger charge is -2.32. The molecule has 3 rings (SSSR count). The molecule has 7 heteroatoms. The molecule has 1 saturated heterocycles. The van der Waals surface area contributed by atoms with Crippen LogP contribution < -0.4 is 10.2 Å². The highest BCUT2D eigenvalue weighted by atomic mass is 35.5. The Morgan fingerprint density at radius 2 is 2.03 bits per heavy atom. The molecule has 1 amide bonds. The molecule has 29 heavy (non-hydrogen) atoms. The maximum atomic E-state index is 12.8. The molecule has 0 spiro atoms. The number of amides is 1. The summed E-state index contributed by atoms with van der Waals surface area (Å²) in [5.41, 5.74) is 2.11. The van der Waals surface area contributed by atoms with Crippen LogP contribution in [0.3, 0.4) is 0 Å². The SMILES string of the molecule is CNCc1cc(N(C)C)nc([C@H]2CCCN(C(=O)CCc3ccc(Cl)cc3)C2)n1. The summed E-state index contributed by atoms with van der Waals surface area (Å²) < 4.78 is 0. The van der Waals surface area contributed by atoms with Crippen molar-refractivity contribution in [2.45, 2.75) is 38.1 Å². The first-order chi connectivity index (χ1) is 14.0. The minimum Gasteiger partial charge on any atom is -0.363 e. The fourth-order valence-electron chi connectivity index (χ4n) is 3.66. The Bertz CT molecular complexity index is 824. The predicted molar refractivity (Wildman–Crippen MR) is 117 cm³/mol. The van der Waals surface area contributed by atoms with Gasteiger partial charge in [-0.2, -0.15) is 0 Å². The normalized spacial score (nSPS) is 16.7. The molecule has 1 aliphatic rings. The Morgan fingerprint density at radius 1 is 1.28 bits per heavy atom. The minimum absolute atomic E-state index is 0.179. The van der Waals surface area contributed by atoms with E-state index < -0.39 is 0 Å². The fraction of sp³-hybridized carbons (Fsp3) is 0.500. The Balaban J connectivity index is 1.66. The number of carbonyl (C=O) groups excluding carboxylic acids is 1. The van der Waals surface area contributed by atoms with Gasteiger partial charge in [0.25, 0.3) is 0 Å². The number of anilines is 1. The van der Waals surface area contributed by atoms with E-state index in [0.717, 1.165) is 53.7 Å². The number of carbonyl (C=O) groups is 1. The van der Waals surface area contributed by atoms with Gasteiger partial charge >= 0.3 is 0 Å². The van der Waals surface area contributed by atoms with Gasteiger partial charge in [-0.3, -0.25) is 4.79 Å². The highest BCUT2D eigenvalue weighted by Gasteiger charge is 2.27. The van der Waals surface area contributed by atoms with Crippen LogP contribution in [0.25, 0.3) is 0 Å². The standard InChI is InChI=1S/C22H30ClN5O/c1-24-14-19-13-20(27(2)3)26-22(25-19)17-5-4-12-28(15-17)21(29)11-8-16-6-9-18(23)10-7-16/h6-7,9-10,13,17,24H,4-5,8,11-12,14-15H2,1-3H3/t17-/m0/s1. The summed E-state index contributed by atoms with van der Waals surface area (Å²) in [5.74, 6) is 2.13. The van der Waals surface area contributed by atoms with Gasteiger partial charge in [0.2, 0.25) is 5.91 Å². The molecule has 0 aliphatic carbocycles. The summed E-state index contributed by atoms with van der Waals surface area (Å²) in [6.07, 6.45) is 3.24. The number of halogens is 1. The molecule has 1 fully saturated rings. The number of likely N-dealkylation sites (tertiary alicyclic amines) is 1. The van der Waals surface area contributed by atoms with E-state index in [9.17, 15) is 4.79 Å². The number of hydrogen-bond donors (Lipinski definition) is 1. The highest BCUT2D eigenvalue weighted by molar-refractivity contribution is 6.30. The second kappa shape index (κ2) is 10.0. The molecule has 156 valence electrons. The number of aromatic nitrogens is 2. The number of aryl methyl sites for hydroxylation is 1. The Kier molecular flexibility index (Phi) is 7.45. The Labute approximate surface area is 178 Å². The van der Waals surface area contributed by atoms with Crippen molar-refractivity contribution in [1.82, 2.24) is 20.2 Å². The molecule has 1 aromatic carbocycles. The molecule has 1 atom stereocenters. The molecule has 2 heterocycles. The first-order valence-electron chi connectivity index (χ1n) is 10.2.